The van der Waals surface area contributed by atoms with Crippen LogP contribution < -0.4 is 5.32 Å². The minimum absolute atomic E-state index is 0.00329. The number of nitrogens with one attached hydrogen (secondary N) is 1. The average molecular weight is 352 g/mol. The maximum absolute atomic E-state index is 13.1. The summed E-state index contributed by atoms with van der Waals surface area (Å²) in [6.45, 7) is 8.29. The highest BCUT2D eigenvalue weighted by Gasteiger charge is 2.12. The number of rotatable bonds is 4. The van der Waals surface area contributed by atoms with Crippen molar-refractivity contribution in [3.63, 3.8) is 0 Å². The van der Waals surface area contributed by atoms with Crippen LogP contribution in [0.4, 0.5) is 10.1 Å². The number of halogens is 2. The van der Waals surface area contributed by atoms with Gasteiger partial charge in [-0.1, -0.05) is 17.7 Å². The second-order valence-electron chi connectivity index (χ2n) is 5.56. The smallest absolute Gasteiger partial charge is 0.234 e. The number of carbonyl (C=O) groups is 1. The Kier molecular flexibility index (Phi) is 5.71. The Balaban J connectivity index is 2.06. The molecule has 23 heavy (non-hydrogen) atoms. The number of benzene rings is 2. The molecule has 0 spiro atoms. The predicted molar refractivity (Wildman–Crippen MR) is 96.2 cm³/mol. The second kappa shape index (κ2) is 7.37. The van der Waals surface area contributed by atoms with E-state index in [9.17, 15) is 9.18 Å². The van der Waals surface area contributed by atoms with E-state index in [4.69, 9.17) is 11.6 Å². The molecule has 1 amide bonds. The highest BCUT2D eigenvalue weighted by molar-refractivity contribution is 8.00. The molecule has 2 nitrogen and oxygen atoms in total. The van der Waals surface area contributed by atoms with Crippen molar-refractivity contribution in [2.45, 2.75) is 32.6 Å². The van der Waals surface area contributed by atoms with Gasteiger partial charge in [-0.15, -0.1) is 11.8 Å². The van der Waals surface area contributed by atoms with Crippen molar-refractivity contribution >= 4 is 35.0 Å². The Morgan fingerprint density at radius 2 is 1.74 bits per heavy atom. The van der Waals surface area contributed by atoms with Crippen LogP contribution in [-0.4, -0.2) is 11.7 Å². The molecule has 2 rings (SSSR count). The average Bonchev–Trinajstić information content (AvgIpc) is 2.49. The quantitative estimate of drug-likeness (QED) is 0.743. The van der Waals surface area contributed by atoms with Crippen LogP contribution in [0, 0.1) is 33.5 Å². The molecule has 0 fully saturated rings. The Labute approximate surface area is 145 Å². The molecule has 0 aromatic heterocycles. The van der Waals surface area contributed by atoms with E-state index in [1.807, 2.05) is 0 Å². The van der Waals surface area contributed by atoms with Crippen LogP contribution >= 0.6 is 23.4 Å². The topological polar surface area (TPSA) is 29.1 Å². The molecule has 0 heterocycles. The van der Waals surface area contributed by atoms with Gasteiger partial charge in [0.05, 0.1) is 10.8 Å². The van der Waals surface area contributed by atoms with Gasteiger partial charge in [0.1, 0.15) is 5.82 Å². The number of amides is 1. The highest BCUT2D eigenvalue weighted by atomic mass is 35.5. The van der Waals surface area contributed by atoms with Crippen molar-refractivity contribution in [1.82, 2.24) is 0 Å². The third-order valence-electron chi connectivity index (χ3n) is 3.85. The molecule has 0 atom stereocenters. The molecule has 0 saturated heterocycles. The van der Waals surface area contributed by atoms with Crippen molar-refractivity contribution in [2.24, 2.45) is 0 Å². The van der Waals surface area contributed by atoms with Gasteiger partial charge < -0.3 is 5.32 Å². The lowest BCUT2D eigenvalue weighted by Crippen LogP contribution is -2.14. The molecule has 0 aliphatic rings. The molecule has 1 N–H and O–H groups in total. The molecule has 0 saturated carbocycles. The van der Waals surface area contributed by atoms with E-state index in [0.717, 1.165) is 4.90 Å². The van der Waals surface area contributed by atoms with E-state index < -0.39 is 5.82 Å². The summed E-state index contributed by atoms with van der Waals surface area (Å²) in [6.07, 6.45) is 0. The summed E-state index contributed by atoms with van der Waals surface area (Å²) in [5.41, 5.74) is 5.35. The minimum Gasteiger partial charge on any atom is -0.325 e. The summed E-state index contributed by atoms with van der Waals surface area (Å²) in [4.78, 5) is 13.3. The van der Waals surface area contributed by atoms with Crippen LogP contribution in [0.2, 0.25) is 5.02 Å². The van der Waals surface area contributed by atoms with Crippen LogP contribution in [0.25, 0.3) is 0 Å². The van der Waals surface area contributed by atoms with Crippen LogP contribution in [-0.2, 0) is 4.79 Å². The van der Waals surface area contributed by atoms with Crippen molar-refractivity contribution in [2.75, 3.05) is 11.1 Å². The number of hydrogen-bond acceptors (Lipinski definition) is 2. The fourth-order valence-corrected chi connectivity index (χ4v) is 3.59. The summed E-state index contributed by atoms with van der Waals surface area (Å²) < 4.78 is 13.1. The van der Waals surface area contributed by atoms with Crippen molar-refractivity contribution in [1.29, 1.82) is 0 Å². The Morgan fingerprint density at radius 1 is 1.13 bits per heavy atom. The van der Waals surface area contributed by atoms with Crippen molar-refractivity contribution in [3.8, 4) is 0 Å². The van der Waals surface area contributed by atoms with Crippen molar-refractivity contribution < 1.29 is 9.18 Å². The van der Waals surface area contributed by atoms with E-state index in [1.165, 1.54) is 52.2 Å². The lowest BCUT2D eigenvalue weighted by atomic mass is 10.0. The summed E-state index contributed by atoms with van der Waals surface area (Å²) in [5.74, 6) is -0.351. The Bertz CT molecular complexity index is 735. The molecule has 2 aromatic carbocycles. The molecule has 0 aliphatic carbocycles. The van der Waals surface area contributed by atoms with Gasteiger partial charge in [0.25, 0.3) is 0 Å². The van der Waals surface area contributed by atoms with Crippen molar-refractivity contribution in [3.05, 3.63) is 57.4 Å². The standard InChI is InChI=1S/C18H19ClFNOS/c1-10-7-11(2)13(4)18(12(10)3)23-9-17(22)21-14-5-6-16(20)15(19)8-14/h5-8H,9H2,1-4H3,(H,21,22). The fourth-order valence-electron chi connectivity index (χ4n) is 2.31. The zero-order valence-corrected chi connectivity index (χ0v) is 15.2. The minimum atomic E-state index is -0.500. The molecular formula is C18H19ClFNOS. The molecular weight excluding hydrogens is 333 g/mol. The molecule has 0 bridgehead atoms. The third-order valence-corrected chi connectivity index (χ3v) is 5.45. The van der Waals surface area contributed by atoms with Gasteiger partial charge in [-0.3, -0.25) is 4.79 Å². The van der Waals surface area contributed by atoms with Gasteiger partial charge in [0, 0.05) is 10.6 Å². The first-order valence-corrected chi connectivity index (χ1v) is 8.61. The maximum atomic E-state index is 13.1. The maximum Gasteiger partial charge on any atom is 0.234 e. The largest absolute Gasteiger partial charge is 0.325 e. The van der Waals surface area contributed by atoms with Gasteiger partial charge in [-0.05, 0) is 68.1 Å². The van der Waals surface area contributed by atoms with E-state index in [2.05, 4.69) is 39.1 Å². The highest BCUT2D eigenvalue weighted by Crippen LogP contribution is 2.31. The molecule has 122 valence electrons. The zero-order valence-electron chi connectivity index (χ0n) is 13.6. The number of aryl methyl sites for hydroxylation is 2. The van der Waals surface area contributed by atoms with E-state index in [1.54, 1.807) is 0 Å². The summed E-state index contributed by atoms with van der Waals surface area (Å²) in [7, 11) is 0. The van der Waals surface area contributed by atoms with Gasteiger partial charge in [-0.25, -0.2) is 4.39 Å². The van der Waals surface area contributed by atoms with Gasteiger partial charge in [0.2, 0.25) is 5.91 Å². The molecule has 5 heteroatoms. The fraction of sp³-hybridized carbons (Fsp3) is 0.278. The molecule has 0 unspecified atom stereocenters. The number of carbonyl (C=O) groups excluding carboxylic acids is 1. The zero-order chi connectivity index (χ0) is 17.1. The molecule has 0 radical (unpaired) electrons. The normalized spacial score (nSPS) is 10.7. The monoisotopic (exact) mass is 351 g/mol. The molecule has 2 aromatic rings. The Morgan fingerprint density at radius 3 is 2.30 bits per heavy atom. The van der Waals surface area contributed by atoms with E-state index >= 15 is 0 Å². The van der Waals surface area contributed by atoms with Crippen LogP contribution in [0.1, 0.15) is 22.3 Å². The van der Waals surface area contributed by atoms with Crippen LogP contribution in [0.5, 0.6) is 0 Å². The SMILES string of the molecule is Cc1cc(C)c(C)c(SCC(=O)Nc2ccc(F)c(Cl)c2)c1C. The summed E-state index contributed by atoms with van der Waals surface area (Å²) in [5, 5.41) is 2.73. The van der Waals surface area contributed by atoms with Crippen LogP contribution in [0.15, 0.2) is 29.2 Å². The van der Waals surface area contributed by atoms with Gasteiger partial charge in [-0.2, -0.15) is 0 Å². The number of hydrogen-bond donors (Lipinski definition) is 1. The number of thioether (sulfide) groups is 1. The summed E-state index contributed by atoms with van der Waals surface area (Å²) >= 11 is 7.23. The van der Waals surface area contributed by atoms with Crippen LogP contribution in [0.3, 0.4) is 0 Å². The van der Waals surface area contributed by atoms with Gasteiger partial charge >= 0.3 is 0 Å². The predicted octanol–water partition coefficient (Wildman–Crippen LogP) is 5.44. The van der Waals surface area contributed by atoms with E-state index in [0.29, 0.717) is 11.4 Å². The Hall–Kier alpha value is -1.52. The third kappa shape index (κ3) is 4.27. The van der Waals surface area contributed by atoms with E-state index in [-0.39, 0.29) is 10.9 Å². The number of anilines is 1. The first-order chi connectivity index (χ1) is 10.8. The lowest BCUT2D eigenvalue weighted by Gasteiger charge is -2.14. The molecule has 0 aliphatic heterocycles. The first kappa shape index (κ1) is 17.8. The second-order valence-corrected chi connectivity index (χ2v) is 6.95. The van der Waals surface area contributed by atoms with Gasteiger partial charge in [0.15, 0.2) is 0 Å². The summed E-state index contributed by atoms with van der Waals surface area (Å²) in [6, 6.07) is 6.31. The first-order valence-electron chi connectivity index (χ1n) is 7.24. The lowest BCUT2D eigenvalue weighted by molar-refractivity contribution is -0.113.